The van der Waals surface area contributed by atoms with E-state index in [-0.39, 0.29) is 10.5 Å². The van der Waals surface area contributed by atoms with Crippen LogP contribution in [0.15, 0.2) is 35.2 Å². The van der Waals surface area contributed by atoms with Crippen LogP contribution in [-0.4, -0.2) is 20.3 Å². The Kier molecular flexibility index (Phi) is 5.57. The summed E-state index contributed by atoms with van der Waals surface area (Å²) < 4.78 is 13.0. The maximum atomic E-state index is 13.0. The lowest BCUT2D eigenvalue weighted by Crippen LogP contribution is -2.32. The molecule has 3 nitrogen and oxygen atoms in total. The largest absolute Gasteiger partial charge is 0.371 e. The molecule has 2 saturated carbocycles. The number of benzene rings is 1. The van der Waals surface area contributed by atoms with Crippen LogP contribution < -0.4 is 0 Å². The molecule has 0 saturated heterocycles. The van der Waals surface area contributed by atoms with E-state index in [9.17, 15) is 14.4 Å². The van der Waals surface area contributed by atoms with E-state index in [2.05, 4.69) is 0 Å². The monoisotopic (exact) mass is 356 g/mol. The number of rotatable bonds is 4. The summed E-state index contributed by atoms with van der Waals surface area (Å²) in [6.07, 6.45) is 10.9. The summed E-state index contributed by atoms with van der Waals surface area (Å²) in [6.45, 7) is -4.18. The quantitative estimate of drug-likeness (QED) is 0.690. The molecule has 3 rings (SSSR count). The SMILES string of the molecule is O=P(O)(O)S(c1ccccc1)(C1CCCCC1)C1CCCCC1. The summed E-state index contributed by atoms with van der Waals surface area (Å²) in [5, 5.41) is 0.394. The molecule has 130 valence electrons. The van der Waals surface area contributed by atoms with Gasteiger partial charge in [0.15, 0.2) is 0 Å². The Hall–Kier alpha value is -0.280. The van der Waals surface area contributed by atoms with E-state index in [1.165, 1.54) is 12.8 Å². The van der Waals surface area contributed by atoms with Gasteiger partial charge in [0.1, 0.15) is 0 Å². The van der Waals surface area contributed by atoms with Crippen molar-refractivity contribution in [1.29, 1.82) is 0 Å². The molecule has 0 bridgehead atoms. The van der Waals surface area contributed by atoms with Gasteiger partial charge in [0, 0.05) is 15.4 Å². The first kappa shape index (κ1) is 17.5. The summed E-state index contributed by atoms with van der Waals surface area (Å²) in [4.78, 5) is 22.2. The predicted octanol–water partition coefficient (Wildman–Crippen LogP) is 5.61. The van der Waals surface area contributed by atoms with E-state index < -0.39 is 16.4 Å². The fourth-order valence-electron chi connectivity index (χ4n) is 4.67. The Morgan fingerprint density at radius 3 is 1.61 bits per heavy atom. The van der Waals surface area contributed by atoms with Gasteiger partial charge in [-0.15, -0.1) is 9.65 Å². The van der Waals surface area contributed by atoms with Crippen LogP contribution in [0.25, 0.3) is 0 Å². The molecule has 2 N–H and O–H groups in total. The molecule has 2 aliphatic rings. The molecule has 0 aliphatic heterocycles. The molecule has 23 heavy (non-hydrogen) atoms. The standard InChI is InChI=1S/C18H29O3PS/c19-22(20,21)23(16-10-4-1-5-11-16,17-12-6-2-7-13-17)18-14-8-3-9-15-18/h1,4-5,10-11,17-18H,2-3,6-9,12-15H2,(H2,19,20,21). The van der Waals surface area contributed by atoms with Crippen molar-refractivity contribution >= 4 is 16.4 Å². The third kappa shape index (κ3) is 3.28. The zero-order valence-electron chi connectivity index (χ0n) is 13.8. The molecule has 0 spiro atoms. The lowest BCUT2D eigenvalue weighted by atomic mass is 10.00. The highest BCUT2D eigenvalue weighted by Crippen LogP contribution is 2.88. The van der Waals surface area contributed by atoms with E-state index >= 15 is 0 Å². The lowest BCUT2D eigenvalue weighted by Gasteiger charge is -2.53. The van der Waals surface area contributed by atoms with E-state index in [1.807, 2.05) is 30.3 Å². The third-order valence-corrected chi connectivity index (χ3v) is 15.2. The van der Waals surface area contributed by atoms with Gasteiger partial charge in [0.25, 0.3) is 0 Å². The Balaban J connectivity index is 2.13. The summed E-state index contributed by atoms with van der Waals surface area (Å²) in [7, 11) is -2.13. The average molecular weight is 356 g/mol. The van der Waals surface area contributed by atoms with E-state index in [0.717, 1.165) is 56.3 Å². The van der Waals surface area contributed by atoms with Gasteiger partial charge in [0.2, 0.25) is 0 Å². The van der Waals surface area contributed by atoms with Gasteiger partial charge in [-0.3, -0.25) is 0 Å². The Bertz CT molecular complexity index is 527. The van der Waals surface area contributed by atoms with Gasteiger partial charge in [-0.05, 0) is 37.8 Å². The number of hydrogen-bond donors (Lipinski definition) is 2. The van der Waals surface area contributed by atoms with Gasteiger partial charge >= 0.3 is 6.80 Å². The first-order valence-electron chi connectivity index (χ1n) is 8.98. The zero-order chi connectivity index (χ0) is 16.3. The highest BCUT2D eigenvalue weighted by molar-refractivity contribution is 8.77. The van der Waals surface area contributed by atoms with Crippen molar-refractivity contribution in [2.75, 3.05) is 0 Å². The van der Waals surface area contributed by atoms with Gasteiger partial charge in [-0.25, -0.2) is 4.57 Å². The maximum absolute atomic E-state index is 13.0. The van der Waals surface area contributed by atoms with E-state index in [0.29, 0.717) is 0 Å². The minimum atomic E-state index is -4.18. The fraction of sp³-hybridized carbons (Fsp3) is 0.667. The van der Waals surface area contributed by atoms with Crippen LogP contribution in [0, 0.1) is 0 Å². The topological polar surface area (TPSA) is 57.5 Å². The van der Waals surface area contributed by atoms with Crippen LogP contribution >= 0.6 is 16.4 Å². The maximum Gasteiger partial charge on any atom is 0.371 e. The van der Waals surface area contributed by atoms with Crippen LogP contribution in [0.4, 0.5) is 0 Å². The highest BCUT2D eigenvalue weighted by Gasteiger charge is 2.53. The zero-order valence-corrected chi connectivity index (χ0v) is 15.5. The second-order valence-corrected chi connectivity index (χ2v) is 14.4. The van der Waals surface area contributed by atoms with Gasteiger partial charge in [-0.1, -0.05) is 56.7 Å². The summed E-state index contributed by atoms with van der Waals surface area (Å²) in [5.41, 5.74) is 0. The minimum absolute atomic E-state index is 0.197. The van der Waals surface area contributed by atoms with Crippen LogP contribution in [-0.2, 0) is 4.57 Å². The Morgan fingerprint density at radius 1 is 0.783 bits per heavy atom. The van der Waals surface area contributed by atoms with Crippen molar-refractivity contribution in [1.82, 2.24) is 0 Å². The molecule has 0 atom stereocenters. The summed E-state index contributed by atoms with van der Waals surface area (Å²) >= 11 is 0. The second-order valence-electron chi connectivity index (χ2n) is 7.00. The minimum Gasteiger partial charge on any atom is -0.317 e. The van der Waals surface area contributed by atoms with Crippen molar-refractivity contribution < 1.29 is 14.4 Å². The molecule has 0 unspecified atom stereocenters. The van der Waals surface area contributed by atoms with Crippen molar-refractivity contribution in [3.63, 3.8) is 0 Å². The summed E-state index contributed by atoms with van der Waals surface area (Å²) in [5.74, 6) is 0. The molecule has 0 radical (unpaired) electrons. The molecule has 0 aromatic heterocycles. The van der Waals surface area contributed by atoms with Crippen molar-refractivity contribution in [3.8, 4) is 0 Å². The molecule has 1 aromatic carbocycles. The summed E-state index contributed by atoms with van der Waals surface area (Å²) in [6, 6.07) is 9.86. The van der Waals surface area contributed by atoms with Crippen LogP contribution in [0.2, 0.25) is 0 Å². The van der Waals surface area contributed by atoms with Crippen LogP contribution in [0.5, 0.6) is 0 Å². The van der Waals surface area contributed by atoms with Gasteiger partial charge < -0.3 is 9.79 Å². The molecular formula is C18H29O3PS. The predicted molar refractivity (Wildman–Crippen MR) is 98.1 cm³/mol. The normalized spacial score (nSPS) is 22.9. The molecular weight excluding hydrogens is 327 g/mol. The second kappa shape index (κ2) is 7.31. The van der Waals surface area contributed by atoms with Gasteiger partial charge in [0.05, 0.1) is 0 Å². The molecule has 2 aliphatic carbocycles. The van der Waals surface area contributed by atoms with Crippen LogP contribution in [0.1, 0.15) is 64.2 Å². The average Bonchev–Trinajstić information content (AvgIpc) is 2.57. The Morgan fingerprint density at radius 2 is 1.22 bits per heavy atom. The first-order valence-corrected chi connectivity index (χ1v) is 13.0. The highest BCUT2D eigenvalue weighted by atomic mass is 32.8. The first-order chi connectivity index (χ1) is 11.1. The molecule has 0 heterocycles. The van der Waals surface area contributed by atoms with E-state index in [4.69, 9.17) is 0 Å². The molecule has 5 heteroatoms. The van der Waals surface area contributed by atoms with E-state index in [1.54, 1.807) is 0 Å². The van der Waals surface area contributed by atoms with Crippen molar-refractivity contribution in [3.05, 3.63) is 30.3 Å². The van der Waals surface area contributed by atoms with Crippen molar-refractivity contribution in [2.24, 2.45) is 0 Å². The molecule has 2 fully saturated rings. The Labute approximate surface area is 141 Å². The lowest BCUT2D eigenvalue weighted by molar-refractivity contribution is 0.391. The fourth-order valence-corrected chi connectivity index (χ4v) is 14.5. The molecule has 0 amide bonds. The van der Waals surface area contributed by atoms with Crippen LogP contribution in [0.3, 0.4) is 0 Å². The number of hydrogen-bond acceptors (Lipinski definition) is 1. The van der Waals surface area contributed by atoms with Crippen molar-refractivity contribution in [2.45, 2.75) is 79.6 Å². The molecule has 1 aromatic rings. The van der Waals surface area contributed by atoms with Gasteiger partial charge in [-0.2, -0.15) is 0 Å². The third-order valence-electron chi connectivity index (χ3n) is 5.64. The smallest absolute Gasteiger partial charge is 0.317 e.